The Balaban J connectivity index is 2.93. The number of aryl methyl sites for hydroxylation is 1. The van der Waals surface area contributed by atoms with Crippen LogP contribution in [-0.2, 0) is 6.42 Å². The molecule has 0 fully saturated rings. The molecule has 0 radical (unpaired) electrons. The van der Waals surface area contributed by atoms with Crippen LogP contribution in [0.15, 0.2) is 6.07 Å². The molecule has 1 aromatic rings. The van der Waals surface area contributed by atoms with E-state index in [-0.39, 0.29) is 11.8 Å². The first kappa shape index (κ1) is 7.78. The van der Waals surface area contributed by atoms with Gasteiger partial charge in [0, 0.05) is 11.6 Å². The van der Waals surface area contributed by atoms with Crippen molar-refractivity contribution in [2.24, 2.45) is 0 Å². The Morgan fingerprint density at radius 3 is 2.73 bits per heavy atom. The van der Waals surface area contributed by atoms with Crippen molar-refractivity contribution in [1.82, 2.24) is 10.2 Å². The maximum Gasteiger partial charge on any atom is 0.234 e. The molecule has 0 saturated heterocycles. The lowest BCUT2D eigenvalue weighted by atomic mass is 10.2. The molecule has 0 spiro atoms. The molecule has 0 aromatic carbocycles. The average Bonchev–Trinajstić information content (AvgIpc) is 1.98. The Bertz CT molecular complexity index is 250. The highest BCUT2D eigenvalue weighted by Gasteiger charge is 2.02. The number of hydrogen-bond donors (Lipinski definition) is 2. The standard InChI is InChI=1S/C7H10N2O2/c1-2-3-5-4-6(10)8-9-7(5)11/h4H,2-3H2,1H3,(H,8,10)(H,9,11). The zero-order chi connectivity index (χ0) is 8.27. The smallest absolute Gasteiger partial charge is 0.234 e. The van der Waals surface area contributed by atoms with E-state index < -0.39 is 0 Å². The number of aromatic nitrogens is 2. The third-order valence-corrected chi connectivity index (χ3v) is 1.36. The number of nitrogens with zero attached hydrogens (tertiary/aromatic N) is 2. The predicted molar refractivity (Wildman–Crippen MR) is 39.4 cm³/mol. The topological polar surface area (TPSA) is 66.2 Å². The van der Waals surface area contributed by atoms with Gasteiger partial charge in [0.2, 0.25) is 11.8 Å². The molecule has 11 heavy (non-hydrogen) atoms. The minimum absolute atomic E-state index is 0.0929. The lowest BCUT2D eigenvalue weighted by Crippen LogP contribution is -1.89. The largest absolute Gasteiger partial charge is 0.492 e. The normalized spacial score (nSPS) is 9.91. The van der Waals surface area contributed by atoms with Crippen molar-refractivity contribution in [2.45, 2.75) is 19.8 Å². The van der Waals surface area contributed by atoms with Gasteiger partial charge in [-0.1, -0.05) is 13.3 Å². The minimum atomic E-state index is -0.147. The molecular weight excluding hydrogens is 144 g/mol. The summed E-state index contributed by atoms with van der Waals surface area (Å²) in [6.07, 6.45) is 1.60. The Labute approximate surface area is 64.5 Å². The first-order valence-corrected chi connectivity index (χ1v) is 3.48. The molecule has 1 rings (SSSR count). The van der Waals surface area contributed by atoms with E-state index in [1.807, 2.05) is 6.92 Å². The fourth-order valence-corrected chi connectivity index (χ4v) is 0.865. The highest BCUT2D eigenvalue weighted by Crippen LogP contribution is 2.17. The fourth-order valence-electron chi connectivity index (χ4n) is 0.865. The predicted octanol–water partition coefficient (Wildman–Crippen LogP) is 0.840. The molecule has 0 aliphatic carbocycles. The van der Waals surface area contributed by atoms with Gasteiger partial charge in [-0.3, -0.25) is 0 Å². The lowest BCUT2D eigenvalue weighted by molar-refractivity contribution is 0.407. The molecule has 0 saturated carbocycles. The molecule has 2 N–H and O–H groups in total. The van der Waals surface area contributed by atoms with Crippen LogP contribution in [0.3, 0.4) is 0 Å². The van der Waals surface area contributed by atoms with Crippen molar-refractivity contribution in [3.8, 4) is 11.8 Å². The van der Waals surface area contributed by atoms with Gasteiger partial charge in [0.25, 0.3) is 0 Å². The van der Waals surface area contributed by atoms with Crippen molar-refractivity contribution >= 4 is 0 Å². The summed E-state index contributed by atoms with van der Waals surface area (Å²) in [5.74, 6) is -0.240. The molecule has 60 valence electrons. The SMILES string of the molecule is CCCc1cc(O)nnc1O. The van der Waals surface area contributed by atoms with Gasteiger partial charge >= 0.3 is 0 Å². The van der Waals surface area contributed by atoms with E-state index in [0.29, 0.717) is 12.0 Å². The number of hydrogen-bond acceptors (Lipinski definition) is 4. The third kappa shape index (κ3) is 1.80. The van der Waals surface area contributed by atoms with Crippen LogP contribution in [-0.4, -0.2) is 20.4 Å². The lowest BCUT2D eigenvalue weighted by Gasteiger charge is -1.99. The maximum atomic E-state index is 9.08. The van der Waals surface area contributed by atoms with Crippen LogP contribution in [0.1, 0.15) is 18.9 Å². The average molecular weight is 154 g/mol. The van der Waals surface area contributed by atoms with Gasteiger partial charge in [0.05, 0.1) is 0 Å². The van der Waals surface area contributed by atoms with Gasteiger partial charge in [-0.2, -0.15) is 0 Å². The first-order chi connectivity index (χ1) is 5.24. The van der Waals surface area contributed by atoms with Crippen molar-refractivity contribution in [2.75, 3.05) is 0 Å². The van der Waals surface area contributed by atoms with Gasteiger partial charge in [-0.05, 0) is 6.42 Å². The molecule has 0 aliphatic rings. The van der Waals surface area contributed by atoms with Crippen molar-refractivity contribution in [1.29, 1.82) is 0 Å². The molecule has 0 atom stereocenters. The van der Waals surface area contributed by atoms with Crippen LogP contribution in [0.4, 0.5) is 0 Å². The Morgan fingerprint density at radius 2 is 2.09 bits per heavy atom. The van der Waals surface area contributed by atoms with E-state index in [4.69, 9.17) is 10.2 Å². The summed E-state index contributed by atoms with van der Waals surface area (Å²) in [4.78, 5) is 0. The van der Waals surface area contributed by atoms with E-state index in [2.05, 4.69) is 10.2 Å². The molecule has 4 nitrogen and oxygen atoms in total. The summed E-state index contributed by atoms with van der Waals surface area (Å²) in [5.41, 5.74) is 0.639. The second-order valence-electron chi connectivity index (χ2n) is 2.30. The van der Waals surface area contributed by atoms with Crippen LogP contribution in [0.5, 0.6) is 11.8 Å². The minimum Gasteiger partial charge on any atom is -0.492 e. The maximum absolute atomic E-state index is 9.08. The van der Waals surface area contributed by atoms with Crippen LogP contribution in [0.2, 0.25) is 0 Å². The van der Waals surface area contributed by atoms with Crippen molar-refractivity contribution < 1.29 is 10.2 Å². The molecule has 0 bridgehead atoms. The molecule has 1 aromatic heterocycles. The van der Waals surface area contributed by atoms with E-state index in [0.717, 1.165) is 6.42 Å². The van der Waals surface area contributed by atoms with E-state index in [1.165, 1.54) is 6.07 Å². The van der Waals surface area contributed by atoms with Crippen molar-refractivity contribution in [3.05, 3.63) is 11.6 Å². The molecular formula is C7H10N2O2. The first-order valence-electron chi connectivity index (χ1n) is 3.48. The van der Waals surface area contributed by atoms with Crippen LogP contribution >= 0.6 is 0 Å². The summed E-state index contributed by atoms with van der Waals surface area (Å²) in [6, 6.07) is 1.42. The quantitative estimate of drug-likeness (QED) is 0.662. The van der Waals surface area contributed by atoms with E-state index in [9.17, 15) is 0 Å². The van der Waals surface area contributed by atoms with E-state index >= 15 is 0 Å². The summed E-state index contributed by atoms with van der Waals surface area (Å²) in [7, 11) is 0. The van der Waals surface area contributed by atoms with Crippen LogP contribution in [0, 0.1) is 0 Å². The Morgan fingerprint density at radius 1 is 1.36 bits per heavy atom. The van der Waals surface area contributed by atoms with Crippen LogP contribution in [0.25, 0.3) is 0 Å². The second kappa shape index (κ2) is 3.18. The summed E-state index contributed by atoms with van der Waals surface area (Å²) < 4.78 is 0. The molecule has 0 unspecified atom stereocenters. The zero-order valence-corrected chi connectivity index (χ0v) is 6.28. The van der Waals surface area contributed by atoms with Gasteiger partial charge < -0.3 is 10.2 Å². The highest BCUT2D eigenvalue weighted by molar-refractivity contribution is 5.26. The van der Waals surface area contributed by atoms with Gasteiger partial charge in [0.1, 0.15) is 0 Å². The monoisotopic (exact) mass is 154 g/mol. The van der Waals surface area contributed by atoms with Crippen LogP contribution < -0.4 is 0 Å². The third-order valence-electron chi connectivity index (χ3n) is 1.36. The Hall–Kier alpha value is -1.32. The molecule has 0 aliphatic heterocycles. The van der Waals surface area contributed by atoms with Crippen molar-refractivity contribution in [3.63, 3.8) is 0 Å². The molecule has 0 amide bonds. The van der Waals surface area contributed by atoms with E-state index in [1.54, 1.807) is 0 Å². The van der Waals surface area contributed by atoms with Gasteiger partial charge in [0.15, 0.2) is 0 Å². The molecule has 4 heteroatoms. The summed E-state index contributed by atoms with van der Waals surface area (Å²) in [6.45, 7) is 1.98. The zero-order valence-electron chi connectivity index (χ0n) is 6.28. The fraction of sp³-hybridized carbons (Fsp3) is 0.429. The summed E-state index contributed by atoms with van der Waals surface area (Å²) in [5, 5.41) is 24.6. The number of rotatable bonds is 2. The Kier molecular flexibility index (Phi) is 2.25. The van der Waals surface area contributed by atoms with Gasteiger partial charge in [-0.25, -0.2) is 0 Å². The highest BCUT2D eigenvalue weighted by atomic mass is 16.3. The summed E-state index contributed by atoms with van der Waals surface area (Å²) >= 11 is 0. The number of aromatic hydroxyl groups is 2. The molecule has 1 heterocycles. The second-order valence-corrected chi connectivity index (χ2v) is 2.30. The van der Waals surface area contributed by atoms with Gasteiger partial charge in [-0.15, -0.1) is 10.2 Å².